The van der Waals surface area contributed by atoms with Crippen molar-refractivity contribution in [2.45, 2.75) is 13.8 Å². The number of rotatable bonds is 9. The van der Waals surface area contributed by atoms with Crippen LogP contribution in [0.3, 0.4) is 0 Å². The van der Waals surface area contributed by atoms with Gasteiger partial charge in [-0.15, -0.1) is 0 Å². The Kier molecular flexibility index (Phi) is 7.55. The maximum atomic E-state index is 11.9. The molecule has 152 valence electrons. The molecule has 1 aliphatic heterocycles. The number of hydrogen-bond donors (Lipinski definition) is 1. The Morgan fingerprint density at radius 3 is 2.52 bits per heavy atom. The molecule has 7 heteroatoms. The van der Waals surface area contributed by atoms with Gasteiger partial charge in [0.2, 0.25) is 0 Å². The van der Waals surface area contributed by atoms with Crippen LogP contribution >= 0.6 is 24.0 Å². The van der Waals surface area contributed by atoms with Crippen molar-refractivity contribution in [3.63, 3.8) is 0 Å². The average Bonchev–Trinajstić information content (AvgIpc) is 3.03. The van der Waals surface area contributed by atoms with Crippen LogP contribution in [0.5, 0.6) is 17.2 Å². The summed E-state index contributed by atoms with van der Waals surface area (Å²) in [6.07, 6.45) is 1.79. The number of hydrogen-bond acceptors (Lipinski definition) is 6. The molecule has 1 saturated heterocycles. The van der Waals surface area contributed by atoms with Crippen molar-refractivity contribution in [3.8, 4) is 17.2 Å². The molecular weight excluding hydrogens is 406 g/mol. The molecule has 1 amide bonds. The molecule has 1 atom stereocenters. The summed E-state index contributed by atoms with van der Waals surface area (Å²) in [4.78, 5) is 12.4. The Bertz CT molecular complexity index is 899. The summed E-state index contributed by atoms with van der Waals surface area (Å²) in [7, 11) is 0. The first-order valence-electron chi connectivity index (χ1n) is 9.37. The summed E-state index contributed by atoms with van der Waals surface area (Å²) in [5.41, 5.74) is 0.851. The fourth-order valence-electron chi connectivity index (χ4n) is 2.61. The molecule has 5 nitrogen and oxygen atoms in total. The quantitative estimate of drug-likeness (QED) is 0.462. The maximum absolute atomic E-state index is 11.9. The zero-order valence-electron chi connectivity index (χ0n) is 16.3. The van der Waals surface area contributed by atoms with Crippen LogP contribution in [0.15, 0.2) is 53.4 Å². The van der Waals surface area contributed by atoms with Gasteiger partial charge >= 0.3 is 0 Å². The number of thioether (sulfide) groups is 1. The van der Waals surface area contributed by atoms with E-state index >= 15 is 0 Å². The van der Waals surface area contributed by atoms with E-state index in [0.29, 0.717) is 40.5 Å². The molecule has 1 unspecified atom stereocenters. The van der Waals surface area contributed by atoms with Gasteiger partial charge in [-0.1, -0.05) is 55.2 Å². The van der Waals surface area contributed by atoms with Crippen molar-refractivity contribution in [1.82, 2.24) is 5.32 Å². The van der Waals surface area contributed by atoms with Gasteiger partial charge in [0.1, 0.15) is 10.1 Å². The summed E-state index contributed by atoms with van der Waals surface area (Å²) in [6, 6.07) is 15.3. The van der Waals surface area contributed by atoms with E-state index in [1.165, 1.54) is 11.8 Å². The molecule has 1 aliphatic rings. The van der Waals surface area contributed by atoms with E-state index in [1.807, 2.05) is 55.5 Å². The van der Waals surface area contributed by atoms with Crippen LogP contribution in [-0.4, -0.2) is 30.0 Å². The number of ether oxygens (including phenoxy) is 3. The molecule has 3 rings (SSSR count). The zero-order valence-corrected chi connectivity index (χ0v) is 18.0. The lowest BCUT2D eigenvalue weighted by atomic mass is 10.1. The van der Waals surface area contributed by atoms with E-state index in [1.54, 1.807) is 6.08 Å². The summed E-state index contributed by atoms with van der Waals surface area (Å²) >= 11 is 6.28. The van der Waals surface area contributed by atoms with Crippen molar-refractivity contribution in [2.75, 3.05) is 19.8 Å². The lowest BCUT2D eigenvalue weighted by Gasteiger charge is -2.17. The SMILES string of the molecule is CCOc1cc(/C=C2/SC(=S)NC2=O)ccc1OCC(C)COc1ccccc1. The molecule has 0 bridgehead atoms. The first-order valence-corrected chi connectivity index (χ1v) is 10.6. The van der Waals surface area contributed by atoms with Gasteiger partial charge in [-0.3, -0.25) is 4.79 Å². The second-order valence-electron chi connectivity index (χ2n) is 6.53. The minimum absolute atomic E-state index is 0.175. The van der Waals surface area contributed by atoms with Gasteiger partial charge in [-0.2, -0.15) is 0 Å². The van der Waals surface area contributed by atoms with Gasteiger partial charge in [0.05, 0.1) is 24.7 Å². The molecule has 1 heterocycles. The minimum atomic E-state index is -0.175. The lowest BCUT2D eigenvalue weighted by molar-refractivity contribution is -0.115. The van der Waals surface area contributed by atoms with E-state index < -0.39 is 0 Å². The van der Waals surface area contributed by atoms with Gasteiger partial charge in [0.25, 0.3) is 5.91 Å². The van der Waals surface area contributed by atoms with Crippen molar-refractivity contribution >= 4 is 40.3 Å². The Hall–Kier alpha value is -2.51. The van der Waals surface area contributed by atoms with Gasteiger partial charge in [0.15, 0.2) is 11.5 Å². The Morgan fingerprint density at radius 2 is 1.83 bits per heavy atom. The standard InChI is InChI=1S/C22H23NO4S2/c1-3-25-19-11-16(12-20-21(24)23-22(28)29-20)9-10-18(19)27-14-15(2)13-26-17-7-5-4-6-8-17/h4-12,15H,3,13-14H2,1-2H3,(H,23,24,28)/b20-12+. The average molecular weight is 430 g/mol. The summed E-state index contributed by atoms with van der Waals surface area (Å²) in [5, 5.41) is 2.61. The predicted octanol–water partition coefficient (Wildman–Crippen LogP) is 4.67. The highest BCUT2D eigenvalue weighted by Gasteiger charge is 2.22. The molecule has 0 radical (unpaired) electrons. The smallest absolute Gasteiger partial charge is 0.263 e. The molecule has 1 fully saturated rings. The van der Waals surface area contributed by atoms with Gasteiger partial charge < -0.3 is 19.5 Å². The third-order valence-corrected chi connectivity index (χ3v) is 5.17. The second-order valence-corrected chi connectivity index (χ2v) is 8.25. The molecule has 2 aromatic carbocycles. The van der Waals surface area contributed by atoms with Crippen LogP contribution in [0.4, 0.5) is 0 Å². The highest BCUT2D eigenvalue weighted by Crippen LogP contribution is 2.32. The minimum Gasteiger partial charge on any atom is -0.493 e. The number of amides is 1. The molecular formula is C22H23NO4S2. The molecule has 0 spiro atoms. The molecule has 0 saturated carbocycles. The molecule has 29 heavy (non-hydrogen) atoms. The summed E-state index contributed by atoms with van der Waals surface area (Å²) < 4.78 is 18.0. The van der Waals surface area contributed by atoms with Crippen molar-refractivity contribution < 1.29 is 19.0 Å². The Morgan fingerprint density at radius 1 is 1.07 bits per heavy atom. The van der Waals surface area contributed by atoms with Crippen LogP contribution in [0.25, 0.3) is 6.08 Å². The van der Waals surface area contributed by atoms with E-state index in [-0.39, 0.29) is 11.8 Å². The predicted molar refractivity (Wildman–Crippen MR) is 121 cm³/mol. The topological polar surface area (TPSA) is 56.8 Å². The summed E-state index contributed by atoms with van der Waals surface area (Å²) in [6.45, 7) is 5.57. The van der Waals surface area contributed by atoms with Crippen LogP contribution < -0.4 is 19.5 Å². The highest BCUT2D eigenvalue weighted by atomic mass is 32.2. The number of thiocarbonyl (C=S) groups is 1. The molecule has 0 aliphatic carbocycles. The third-order valence-electron chi connectivity index (χ3n) is 4.01. The molecule has 1 N–H and O–H groups in total. The Labute approximate surface area is 180 Å². The fourth-order valence-corrected chi connectivity index (χ4v) is 3.65. The van der Waals surface area contributed by atoms with E-state index in [0.717, 1.165) is 11.3 Å². The second kappa shape index (κ2) is 10.3. The number of carbonyl (C=O) groups is 1. The first kappa shape index (κ1) is 21.2. The van der Waals surface area contributed by atoms with Crippen LogP contribution in [0.2, 0.25) is 0 Å². The van der Waals surface area contributed by atoms with Gasteiger partial charge in [0, 0.05) is 5.92 Å². The normalized spacial score (nSPS) is 15.9. The Balaban J connectivity index is 1.62. The number of nitrogens with one attached hydrogen (secondary N) is 1. The summed E-state index contributed by atoms with van der Waals surface area (Å²) in [5.74, 6) is 2.18. The fraction of sp³-hybridized carbons (Fsp3) is 0.273. The lowest BCUT2D eigenvalue weighted by Crippen LogP contribution is -2.17. The van der Waals surface area contributed by atoms with Crippen LogP contribution in [-0.2, 0) is 4.79 Å². The number of para-hydroxylation sites is 1. The van der Waals surface area contributed by atoms with Crippen LogP contribution in [0.1, 0.15) is 19.4 Å². The van der Waals surface area contributed by atoms with Crippen LogP contribution in [0, 0.1) is 5.92 Å². The van der Waals surface area contributed by atoms with Crippen molar-refractivity contribution in [1.29, 1.82) is 0 Å². The molecule has 2 aromatic rings. The third kappa shape index (κ3) is 6.24. The van der Waals surface area contributed by atoms with Crippen molar-refractivity contribution in [3.05, 3.63) is 59.0 Å². The van der Waals surface area contributed by atoms with Gasteiger partial charge in [-0.05, 0) is 42.8 Å². The van der Waals surface area contributed by atoms with E-state index in [2.05, 4.69) is 12.2 Å². The maximum Gasteiger partial charge on any atom is 0.263 e. The number of carbonyl (C=O) groups excluding carboxylic acids is 1. The highest BCUT2D eigenvalue weighted by molar-refractivity contribution is 8.26. The van der Waals surface area contributed by atoms with Crippen molar-refractivity contribution in [2.24, 2.45) is 5.92 Å². The largest absolute Gasteiger partial charge is 0.493 e. The zero-order chi connectivity index (χ0) is 20.6. The van der Waals surface area contributed by atoms with E-state index in [4.69, 9.17) is 26.4 Å². The first-order chi connectivity index (χ1) is 14.0. The van der Waals surface area contributed by atoms with Gasteiger partial charge in [-0.25, -0.2) is 0 Å². The van der Waals surface area contributed by atoms with E-state index in [9.17, 15) is 4.79 Å². The monoisotopic (exact) mass is 429 g/mol. The number of benzene rings is 2. The molecule has 0 aromatic heterocycles.